The summed E-state index contributed by atoms with van der Waals surface area (Å²) in [5, 5.41) is 6.48. The summed E-state index contributed by atoms with van der Waals surface area (Å²) < 4.78 is 5.43. The molecule has 0 saturated carbocycles. The van der Waals surface area contributed by atoms with Crippen molar-refractivity contribution in [3.63, 3.8) is 0 Å². The summed E-state index contributed by atoms with van der Waals surface area (Å²) in [7, 11) is 0. The van der Waals surface area contributed by atoms with E-state index in [1.54, 1.807) is 0 Å². The fourth-order valence-corrected chi connectivity index (χ4v) is 2.91. The summed E-state index contributed by atoms with van der Waals surface area (Å²) in [4.78, 5) is 12.2. The van der Waals surface area contributed by atoms with Gasteiger partial charge in [0.05, 0.1) is 0 Å². The molecule has 0 aromatic heterocycles. The molecule has 1 aliphatic rings. The minimum Gasteiger partial charge on any atom is -0.444 e. The van der Waals surface area contributed by atoms with Crippen LogP contribution >= 0.6 is 0 Å². The summed E-state index contributed by atoms with van der Waals surface area (Å²) >= 11 is 0. The van der Waals surface area contributed by atoms with Crippen LogP contribution in [-0.4, -0.2) is 30.8 Å². The zero-order valence-electron chi connectivity index (χ0n) is 13.9. The van der Waals surface area contributed by atoms with E-state index in [1.165, 1.54) is 5.56 Å². The molecule has 0 radical (unpaired) electrons. The molecule has 1 heterocycles. The summed E-state index contributed by atoms with van der Waals surface area (Å²) in [6.07, 6.45) is 2.72. The van der Waals surface area contributed by atoms with Crippen LogP contribution in [-0.2, 0) is 11.2 Å². The van der Waals surface area contributed by atoms with Gasteiger partial charge in [-0.25, -0.2) is 4.79 Å². The molecule has 1 amide bonds. The number of rotatable bonds is 4. The fraction of sp³-hybridized carbons (Fsp3) is 0.611. The maximum absolute atomic E-state index is 12.2. The lowest BCUT2D eigenvalue weighted by Gasteiger charge is -2.32. The number of amides is 1. The number of nitrogens with one attached hydrogen (secondary N) is 2. The van der Waals surface area contributed by atoms with Crippen LogP contribution in [0.2, 0.25) is 0 Å². The average molecular weight is 304 g/mol. The van der Waals surface area contributed by atoms with Crippen LogP contribution in [0.25, 0.3) is 0 Å². The van der Waals surface area contributed by atoms with Gasteiger partial charge in [-0.1, -0.05) is 30.3 Å². The highest BCUT2D eigenvalue weighted by Gasteiger charge is 2.27. The first-order chi connectivity index (χ1) is 10.4. The van der Waals surface area contributed by atoms with Gasteiger partial charge in [-0.05, 0) is 64.6 Å². The van der Waals surface area contributed by atoms with Gasteiger partial charge in [-0.2, -0.15) is 0 Å². The summed E-state index contributed by atoms with van der Waals surface area (Å²) in [6, 6.07) is 10.5. The maximum Gasteiger partial charge on any atom is 0.407 e. The van der Waals surface area contributed by atoms with E-state index in [0.717, 1.165) is 32.4 Å². The Balaban J connectivity index is 2.02. The lowest BCUT2D eigenvalue weighted by atomic mass is 9.86. The van der Waals surface area contributed by atoms with E-state index in [-0.39, 0.29) is 12.1 Å². The number of alkyl carbamates (subject to hydrolysis) is 1. The number of benzene rings is 1. The van der Waals surface area contributed by atoms with Crippen molar-refractivity contribution in [3.8, 4) is 0 Å². The van der Waals surface area contributed by atoms with Crippen LogP contribution in [0.5, 0.6) is 0 Å². The second kappa shape index (κ2) is 7.63. The third-order valence-electron chi connectivity index (χ3n) is 3.95. The summed E-state index contributed by atoms with van der Waals surface area (Å²) in [5.74, 6) is 0.494. The Bertz CT molecular complexity index is 462. The minimum absolute atomic E-state index is 0.124. The second-order valence-electron chi connectivity index (χ2n) is 7.03. The van der Waals surface area contributed by atoms with Gasteiger partial charge in [-0.15, -0.1) is 0 Å². The van der Waals surface area contributed by atoms with E-state index in [2.05, 4.69) is 22.8 Å². The van der Waals surface area contributed by atoms with Gasteiger partial charge < -0.3 is 15.4 Å². The monoisotopic (exact) mass is 304 g/mol. The second-order valence-corrected chi connectivity index (χ2v) is 7.03. The van der Waals surface area contributed by atoms with Crippen molar-refractivity contribution in [2.75, 3.05) is 13.1 Å². The van der Waals surface area contributed by atoms with Crippen molar-refractivity contribution in [3.05, 3.63) is 35.9 Å². The normalized spacial score (nSPS) is 17.8. The van der Waals surface area contributed by atoms with E-state index < -0.39 is 5.60 Å². The van der Waals surface area contributed by atoms with E-state index in [0.29, 0.717) is 5.92 Å². The third-order valence-corrected chi connectivity index (χ3v) is 3.95. The molecule has 0 bridgehead atoms. The van der Waals surface area contributed by atoms with Crippen LogP contribution < -0.4 is 10.6 Å². The minimum atomic E-state index is -0.463. The molecule has 0 aliphatic carbocycles. The molecule has 1 fully saturated rings. The third kappa shape index (κ3) is 5.68. The summed E-state index contributed by atoms with van der Waals surface area (Å²) in [6.45, 7) is 7.72. The molecule has 1 saturated heterocycles. The molecule has 22 heavy (non-hydrogen) atoms. The molecule has 0 spiro atoms. The first-order valence-corrected chi connectivity index (χ1v) is 8.18. The van der Waals surface area contributed by atoms with Crippen LogP contribution in [0.3, 0.4) is 0 Å². The lowest BCUT2D eigenvalue weighted by molar-refractivity contribution is 0.0478. The molecule has 1 aromatic carbocycles. The number of piperidine rings is 1. The van der Waals surface area contributed by atoms with Crippen LogP contribution in [0, 0.1) is 5.92 Å². The largest absolute Gasteiger partial charge is 0.444 e. The maximum atomic E-state index is 12.2. The molecule has 2 N–H and O–H groups in total. The van der Waals surface area contributed by atoms with Crippen molar-refractivity contribution in [1.82, 2.24) is 10.6 Å². The molecule has 1 atom stereocenters. The van der Waals surface area contributed by atoms with Crippen LogP contribution in [0.4, 0.5) is 4.79 Å². The standard InChI is InChI=1S/C18H28N2O2/c1-18(2,3)22-17(21)20-16(15-9-11-19-12-10-15)13-14-7-5-4-6-8-14/h4-8,15-16,19H,9-13H2,1-3H3,(H,20,21). The van der Waals surface area contributed by atoms with Crippen molar-refractivity contribution in [2.45, 2.75) is 51.7 Å². The highest BCUT2D eigenvalue weighted by molar-refractivity contribution is 5.68. The number of carbonyl (C=O) groups excluding carboxylic acids is 1. The lowest BCUT2D eigenvalue weighted by Crippen LogP contribution is -2.47. The van der Waals surface area contributed by atoms with Gasteiger partial charge in [-0.3, -0.25) is 0 Å². The average Bonchev–Trinajstić information content (AvgIpc) is 2.47. The van der Waals surface area contributed by atoms with Crippen molar-refractivity contribution < 1.29 is 9.53 Å². The Morgan fingerprint density at radius 1 is 1.27 bits per heavy atom. The van der Waals surface area contributed by atoms with Crippen molar-refractivity contribution in [2.24, 2.45) is 5.92 Å². The number of carbonyl (C=O) groups is 1. The molecule has 1 aromatic rings. The predicted molar refractivity (Wildman–Crippen MR) is 88.9 cm³/mol. The summed E-state index contributed by atoms with van der Waals surface area (Å²) in [5.41, 5.74) is 0.789. The molecule has 122 valence electrons. The molecule has 4 heteroatoms. The van der Waals surface area contributed by atoms with Gasteiger partial charge in [0.25, 0.3) is 0 Å². The van der Waals surface area contributed by atoms with Gasteiger partial charge in [0, 0.05) is 6.04 Å². The van der Waals surface area contributed by atoms with E-state index in [1.807, 2.05) is 39.0 Å². The molecular formula is C18H28N2O2. The predicted octanol–water partition coefficient (Wildman–Crippen LogP) is 3.12. The first kappa shape index (κ1) is 16.8. The highest BCUT2D eigenvalue weighted by atomic mass is 16.6. The van der Waals surface area contributed by atoms with Gasteiger partial charge in [0.1, 0.15) is 5.60 Å². The Kier molecular flexibility index (Phi) is 5.83. The van der Waals surface area contributed by atoms with Crippen molar-refractivity contribution in [1.29, 1.82) is 0 Å². The number of ether oxygens (including phenoxy) is 1. The van der Waals surface area contributed by atoms with Crippen LogP contribution in [0.15, 0.2) is 30.3 Å². The van der Waals surface area contributed by atoms with E-state index in [4.69, 9.17) is 4.74 Å². The topological polar surface area (TPSA) is 50.4 Å². The molecule has 4 nitrogen and oxygen atoms in total. The van der Waals surface area contributed by atoms with Crippen LogP contribution in [0.1, 0.15) is 39.2 Å². The van der Waals surface area contributed by atoms with Gasteiger partial charge in [0.2, 0.25) is 0 Å². The fourth-order valence-electron chi connectivity index (χ4n) is 2.91. The number of hydrogen-bond acceptors (Lipinski definition) is 3. The molecule has 1 unspecified atom stereocenters. The first-order valence-electron chi connectivity index (χ1n) is 8.18. The highest BCUT2D eigenvalue weighted by Crippen LogP contribution is 2.20. The Morgan fingerprint density at radius 2 is 1.91 bits per heavy atom. The van der Waals surface area contributed by atoms with E-state index in [9.17, 15) is 4.79 Å². The van der Waals surface area contributed by atoms with Crippen molar-refractivity contribution >= 4 is 6.09 Å². The SMILES string of the molecule is CC(C)(C)OC(=O)NC(Cc1ccccc1)C1CCNCC1. The molecular weight excluding hydrogens is 276 g/mol. The molecule has 1 aliphatic heterocycles. The number of hydrogen-bond donors (Lipinski definition) is 2. The zero-order chi connectivity index (χ0) is 16.0. The Hall–Kier alpha value is -1.55. The quantitative estimate of drug-likeness (QED) is 0.898. The molecule has 2 rings (SSSR count). The Labute approximate surface area is 133 Å². The zero-order valence-corrected chi connectivity index (χ0v) is 13.9. The smallest absolute Gasteiger partial charge is 0.407 e. The van der Waals surface area contributed by atoms with Gasteiger partial charge in [0.15, 0.2) is 0 Å². The Morgan fingerprint density at radius 3 is 2.50 bits per heavy atom. The van der Waals surface area contributed by atoms with Gasteiger partial charge >= 0.3 is 6.09 Å². The van der Waals surface area contributed by atoms with E-state index >= 15 is 0 Å².